The zero-order chi connectivity index (χ0) is 14.9. The van der Waals surface area contributed by atoms with Gasteiger partial charge in [0, 0.05) is 13.1 Å². The summed E-state index contributed by atoms with van der Waals surface area (Å²) in [5.74, 6) is -0.589. The van der Waals surface area contributed by atoms with Gasteiger partial charge < -0.3 is 16.4 Å². The van der Waals surface area contributed by atoms with Crippen molar-refractivity contribution in [1.82, 2.24) is 15.1 Å². The number of nitrogen functional groups attached to an aromatic ring is 1. The molecule has 1 aliphatic rings. The molecular formula is C12H18ClN5O2. The summed E-state index contributed by atoms with van der Waals surface area (Å²) in [7, 11) is 0. The minimum Gasteiger partial charge on any atom is -0.381 e. The maximum atomic E-state index is 12.4. The van der Waals surface area contributed by atoms with Crippen LogP contribution in [0.1, 0.15) is 36.7 Å². The molecule has 7 nitrogen and oxygen atoms in total. The van der Waals surface area contributed by atoms with Crippen LogP contribution in [0.25, 0.3) is 0 Å². The lowest BCUT2D eigenvalue weighted by molar-refractivity contribution is -0.130. The molecule has 0 saturated carbocycles. The summed E-state index contributed by atoms with van der Waals surface area (Å²) in [6.45, 7) is 2.76. The second-order valence-electron chi connectivity index (χ2n) is 5.13. The van der Waals surface area contributed by atoms with Crippen molar-refractivity contribution < 1.29 is 9.59 Å². The molecule has 0 radical (unpaired) electrons. The number of aromatic nitrogens is 2. The molecule has 20 heavy (non-hydrogen) atoms. The Bertz CT molecular complexity index is 544. The highest BCUT2D eigenvalue weighted by Crippen LogP contribution is 2.34. The average molecular weight is 300 g/mol. The first-order valence-electron chi connectivity index (χ1n) is 6.50. The van der Waals surface area contributed by atoms with Gasteiger partial charge >= 0.3 is 0 Å². The second kappa shape index (κ2) is 5.32. The Hall–Kier alpha value is -1.76. The van der Waals surface area contributed by atoms with Crippen LogP contribution in [0.15, 0.2) is 0 Å². The van der Waals surface area contributed by atoms with Crippen molar-refractivity contribution in [3.05, 3.63) is 10.7 Å². The van der Waals surface area contributed by atoms with Gasteiger partial charge in [0.05, 0.1) is 5.41 Å². The lowest BCUT2D eigenvalue weighted by atomic mass is 9.77. The summed E-state index contributed by atoms with van der Waals surface area (Å²) in [6.07, 6.45) is 2.02. The Balaban J connectivity index is 2.23. The molecule has 1 aromatic heterocycles. The number of piperidine rings is 1. The zero-order valence-electron chi connectivity index (χ0n) is 11.3. The van der Waals surface area contributed by atoms with Crippen LogP contribution in [0.2, 0.25) is 5.02 Å². The van der Waals surface area contributed by atoms with Crippen LogP contribution < -0.4 is 11.5 Å². The fourth-order valence-electron chi connectivity index (χ4n) is 2.61. The van der Waals surface area contributed by atoms with E-state index in [0.717, 1.165) is 6.42 Å². The maximum absolute atomic E-state index is 12.4. The highest BCUT2D eigenvalue weighted by molar-refractivity contribution is 6.35. The van der Waals surface area contributed by atoms with Crippen molar-refractivity contribution in [1.29, 1.82) is 0 Å². The molecule has 0 spiro atoms. The molecule has 1 atom stereocenters. The number of carbonyl (C=O) groups is 2. The van der Waals surface area contributed by atoms with Gasteiger partial charge in [-0.05, 0) is 19.3 Å². The molecule has 5 N–H and O–H groups in total. The number of rotatable bonds is 3. The van der Waals surface area contributed by atoms with Gasteiger partial charge in [0.15, 0.2) is 5.82 Å². The second-order valence-corrected chi connectivity index (χ2v) is 5.50. The van der Waals surface area contributed by atoms with E-state index in [-0.39, 0.29) is 28.3 Å². The van der Waals surface area contributed by atoms with Gasteiger partial charge in [-0.3, -0.25) is 14.7 Å². The number of carbonyl (C=O) groups excluding carboxylic acids is 2. The first-order valence-corrected chi connectivity index (χ1v) is 6.87. The smallest absolute Gasteiger partial charge is 0.273 e. The van der Waals surface area contributed by atoms with Crippen LogP contribution in [0.4, 0.5) is 5.82 Å². The van der Waals surface area contributed by atoms with Gasteiger partial charge in [-0.2, -0.15) is 5.10 Å². The summed E-state index contributed by atoms with van der Waals surface area (Å²) < 4.78 is 0. The standard InChI is InChI=1S/C12H18ClN5O2/c1-2-12(11(15)20)4-3-5-18(6-12)10(19)8-7(13)9(14)17-16-8/h2-6H2,1H3,(H2,15,20)(H3,14,16,17)/t12-/m0/s1. The number of H-pyrrole nitrogens is 1. The maximum Gasteiger partial charge on any atom is 0.273 e. The minimum atomic E-state index is -0.661. The fraction of sp³-hybridized carbons (Fsp3) is 0.583. The van der Waals surface area contributed by atoms with Gasteiger partial charge in [-0.15, -0.1) is 0 Å². The Labute approximate surface area is 121 Å². The number of halogens is 1. The number of anilines is 1. The number of likely N-dealkylation sites (tertiary alicyclic amines) is 1. The van der Waals surface area contributed by atoms with E-state index in [2.05, 4.69) is 10.2 Å². The van der Waals surface area contributed by atoms with Gasteiger partial charge in [0.2, 0.25) is 5.91 Å². The SMILES string of the molecule is CC[C@]1(C(N)=O)CCCN(C(=O)c2[nH]nc(N)c2Cl)C1. The van der Waals surface area contributed by atoms with Gasteiger partial charge in [-0.25, -0.2) is 0 Å². The average Bonchev–Trinajstić information content (AvgIpc) is 2.78. The van der Waals surface area contributed by atoms with E-state index in [1.165, 1.54) is 0 Å². The Kier molecular flexibility index (Phi) is 3.89. The monoisotopic (exact) mass is 299 g/mol. The van der Waals surface area contributed by atoms with Crippen LogP contribution in [-0.4, -0.2) is 40.0 Å². The van der Waals surface area contributed by atoms with Crippen LogP contribution in [0.3, 0.4) is 0 Å². The van der Waals surface area contributed by atoms with Gasteiger partial charge in [0.1, 0.15) is 10.7 Å². The Morgan fingerprint density at radius 2 is 2.25 bits per heavy atom. The van der Waals surface area contributed by atoms with E-state index >= 15 is 0 Å². The Morgan fingerprint density at radius 1 is 1.55 bits per heavy atom. The minimum absolute atomic E-state index is 0.0867. The number of hydrogen-bond acceptors (Lipinski definition) is 4. The predicted molar refractivity (Wildman–Crippen MR) is 75.1 cm³/mol. The highest BCUT2D eigenvalue weighted by Gasteiger charge is 2.41. The predicted octanol–water partition coefficient (Wildman–Crippen LogP) is 0.763. The van der Waals surface area contributed by atoms with Crippen molar-refractivity contribution >= 4 is 29.2 Å². The molecule has 1 saturated heterocycles. The summed E-state index contributed by atoms with van der Waals surface area (Å²) in [5.41, 5.74) is 10.5. The van der Waals surface area contributed by atoms with Crippen LogP contribution in [0.5, 0.6) is 0 Å². The molecular weight excluding hydrogens is 282 g/mol. The molecule has 8 heteroatoms. The van der Waals surface area contributed by atoms with E-state index in [4.69, 9.17) is 23.1 Å². The first-order chi connectivity index (χ1) is 9.41. The number of primary amides is 1. The third-order valence-corrected chi connectivity index (χ3v) is 4.39. The summed E-state index contributed by atoms with van der Waals surface area (Å²) in [6, 6.07) is 0. The number of nitrogens with zero attached hydrogens (tertiary/aromatic N) is 2. The van der Waals surface area contributed by atoms with Crippen LogP contribution in [-0.2, 0) is 4.79 Å². The third kappa shape index (κ3) is 2.33. The molecule has 1 aliphatic heterocycles. The molecule has 1 aromatic rings. The summed E-state index contributed by atoms with van der Waals surface area (Å²) in [4.78, 5) is 25.7. The quantitative estimate of drug-likeness (QED) is 0.763. The van der Waals surface area contributed by atoms with E-state index < -0.39 is 5.41 Å². The van der Waals surface area contributed by atoms with Crippen molar-refractivity contribution in [2.45, 2.75) is 26.2 Å². The topological polar surface area (TPSA) is 118 Å². The lowest BCUT2D eigenvalue weighted by Crippen LogP contribution is -2.52. The number of aromatic amines is 1. The molecule has 110 valence electrons. The molecule has 0 bridgehead atoms. The molecule has 0 aromatic carbocycles. The van der Waals surface area contributed by atoms with Crippen molar-refractivity contribution in [2.75, 3.05) is 18.8 Å². The Morgan fingerprint density at radius 3 is 2.75 bits per heavy atom. The summed E-state index contributed by atoms with van der Waals surface area (Å²) >= 11 is 5.93. The van der Waals surface area contributed by atoms with Gasteiger partial charge in [0.25, 0.3) is 5.91 Å². The van der Waals surface area contributed by atoms with E-state index in [1.54, 1.807) is 4.90 Å². The zero-order valence-corrected chi connectivity index (χ0v) is 12.0. The number of nitrogens with one attached hydrogen (secondary N) is 1. The van der Waals surface area contributed by atoms with Gasteiger partial charge in [-0.1, -0.05) is 18.5 Å². The molecule has 2 heterocycles. The normalized spacial score (nSPS) is 22.8. The molecule has 2 rings (SSSR count). The van der Waals surface area contributed by atoms with E-state index in [1.807, 2.05) is 6.92 Å². The summed E-state index contributed by atoms with van der Waals surface area (Å²) in [5, 5.41) is 6.35. The van der Waals surface area contributed by atoms with Crippen molar-refractivity contribution in [2.24, 2.45) is 11.1 Å². The molecule has 0 unspecified atom stereocenters. The van der Waals surface area contributed by atoms with Crippen LogP contribution in [0, 0.1) is 5.41 Å². The first kappa shape index (κ1) is 14.6. The highest BCUT2D eigenvalue weighted by atomic mass is 35.5. The largest absolute Gasteiger partial charge is 0.381 e. The number of hydrogen-bond donors (Lipinski definition) is 3. The molecule has 1 fully saturated rings. The van der Waals surface area contributed by atoms with Crippen molar-refractivity contribution in [3.8, 4) is 0 Å². The number of nitrogens with two attached hydrogens (primary N) is 2. The fourth-order valence-corrected chi connectivity index (χ4v) is 2.78. The van der Waals surface area contributed by atoms with Crippen LogP contribution >= 0.6 is 11.6 Å². The van der Waals surface area contributed by atoms with E-state index in [9.17, 15) is 9.59 Å². The number of amides is 2. The lowest BCUT2D eigenvalue weighted by Gasteiger charge is -2.40. The molecule has 2 amide bonds. The van der Waals surface area contributed by atoms with Crippen molar-refractivity contribution in [3.63, 3.8) is 0 Å². The van der Waals surface area contributed by atoms with E-state index in [0.29, 0.717) is 25.9 Å². The third-order valence-electron chi connectivity index (χ3n) is 4.01. The molecule has 0 aliphatic carbocycles.